The second-order valence-electron chi connectivity index (χ2n) is 4.65. The Morgan fingerprint density at radius 1 is 1.14 bits per heavy atom. The maximum atomic E-state index is 12.3. The van der Waals surface area contributed by atoms with Gasteiger partial charge in [-0.25, -0.2) is 4.79 Å². The van der Waals surface area contributed by atoms with Crippen LogP contribution in [0.15, 0.2) is 53.1 Å². The van der Waals surface area contributed by atoms with Gasteiger partial charge in [0, 0.05) is 6.54 Å². The SMILES string of the molecule is CCNC(=O)NC(=O)[C@@H](NCc1ccco1)c1ccccc1. The van der Waals surface area contributed by atoms with E-state index in [1.807, 2.05) is 36.4 Å². The average molecular weight is 301 g/mol. The maximum absolute atomic E-state index is 12.3. The van der Waals surface area contributed by atoms with Crippen molar-refractivity contribution in [1.82, 2.24) is 16.0 Å². The van der Waals surface area contributed by atoms with Gasteiger partial charge in [0.2, 0.25) is 5.91 Å². The Morgan fingerprint density at radius 2 is 1.91 bits per heavy atom. The highest BCUT2D eigenvalue weighted by Gasteiger charge is 2.22. The molecule has 116 valence electrons. The van der Waals surface area contributed by atoms with Gasteiger partial charge < -0.3 is 9.73 Å². The molecule has 6 heteroatoms. The third kappa shape index (κ3) is 4.46. The normalized spacial score (nSPS) is 11.7. The third-order valence-corrected chi connectivity index (χ3v) is 3.03. The smallest absolute Gasteiger partial charge is 0.321 e. The number of urea groups is 1. The molecule has 1 heterocycles. The molecule has 0 spiro atoms. The predicted molar refractivity (Wildman–Crippen MR) is 81.9 cm³/mol. The number of carbonyl (C=O) groups excluding carboxylic acids is 2. The summed E-state index contributed by atoms with van der Waals surface area (Å²) in [4.78, 5) is 23.9. The van der Waals surface area contributed by atoms with Crippen molar-refractivity contribution in [3.63, 3.8) is 0 Å². The molecule has 0 unspecified atom stereocenters. The highest BCUT2D eigenvalue weighted by atomic mass is 16.3. The summed E-state index contributed by atoms with van der Waals surface area (Å²) in [7, 11) is 0. The first-order valence-electron chi connectivity index (χ1n) is 7.10. The van der Waals surface area contributed by atoms with Crippen LogP contribution in [0.25, 0.3) is 0 Å². The zero-order valence-corrected chi connectivity index (χ0v) is 12.3. The van der Waals surface area contributed by atoms with E-state index in [1.54, 1.807) is 19.3 Å². The van der Waals surface area contributed by atoms with Crippen LogP contribution in [0.1, 0.15) is 24.3 Å². The van der Waals surface area contributed by atoms with E-state index in [2.05, 4.69) is 16.0 Å². The number of rotatable bonds is 6. The van der Waals surface area contributed by atoms with Gasteiger partial charge in [-0.05, 0) is 24.6 Å². The minimum atomic E-state index is -0.645. The van der Waals surface area contributed by atoms with Gasteiger partial charge in [0.25, 0.3) is 0 Å². The summed E-state index contributed by atoms with van der Waals surface area (Å²) in [5.74, 6) is 0.301. The number of nitrogens with one attached hydrogen (secondary N) is 3. The predicted octanol–water partition coefficient (Wildman–Crippen LogP) is 1.96. The molecule has 6 nitrogen and oxygen atoms in total. The molecular formula is C16H19N3O3. The fourth-order valence-corrected chi connectivity index (χ4v) is 2.01. The van der Waals surface area contributed by atoms with Gasteiger partial charge in [-0.3, -0.25) is 15.4 Å². The highest BCUT2D eigenvalue weighted by Crippen LogP contribution is 2.14. The molecule has 0 bridgehead atoms. The highest BCUT2D eigenvalue weighted by molar-refractivity contribution is 5.97. The number of furan rings is 1. The fourth-order valence-electron chi connectivity index (χ4n) is 2.01. The van der Waals surface area contributed by atoms with Crippen LogP contribution in [-0.4, -0.2) is 18.5 Å². The summed E-state index contributed by atoms with van der Waals surface area (Å²) in [6, 6.07) is 11.7. The quantitative estimate of drug-likeness (QED) is 0.761. The molecule has 0 fully saturated rings. The van der Waals surface area contributed by atoms with Gasteiger partial charge in [0.1, 0.15) is 11.8 Å². The van der Waals surface area contributed by atoms with E-state index in [4.69, 9.17) is 4.42 Å². The van der Waals surface area contributed by atoms with Crippen LogP contribution in [0.5, 0.6) is 0 Å². The van der Waals surface area contributed by atoms with Gasteiger partial charge in [-0.1, -0.05) is 30.3 Å². The molecule has 1 aromatic heterocycles. The zero-order valence-electron chi connectivity index (χ0n) is 12.3. The molecule has 3 N–H and O–H groups in total. The largest absolute Gasteiger partial charge is 0.468 e. The summed E-state index contributed by atoms with van der Waals surface area (Å²) >= 11 is 0. The van der Waals surface area contributed by atoms with Crippen LogP contribution < -0.4 is 16.0 Å². The molecule has 2 rings (SSSR count). The van der Waals surface area contributed by atoms with Gasteiger partial charge in [0.05, 0.1) is 12.8 Å². The van der Waals surface area contributed by atoms with Crippen molar-refractivity contribution in [2.75, 3.05) is 6.54 Å². The molecule has 22 heavy (non-hydrogen) atoms. The summed E-state index contributed by atoms with van der Waals surface area (Å²) in [6.07, 6.45) is 1.57. The first-order valence-corrected chi connectivity index (χ1v) is 7.10. The van der Waals surface area contributed by atoms with E-state index < -0.39 is 18.0 Å². The summed E-state index contributed by atoms with van der Waals surface area (Å²) < 4.78 is 5.25. The number of hydrogen-bond acceptors (Lipinski definition) is 4. The number of amides is 3. The van der Waals surface area contributed by atoms with Crippen molar-refractivity contribution in [3.8, 4) is 0 Å². The molecular weight excluding hydrogens is 282 g/mol. The van der Waals surface area contributed by atoms with Crippen LogP contribution in [0.4, 0.5) is 4.79 Å². The topological polar surface area (TPSA) is 83.4 Å². The van der Waals surface area contributed by atoms with Crippen molar-refractivity contribution < 1.29 is 14.0 Å². The minimum absolute atomic E-state index is 0.384. The molecule has 2 aromatic rings. The Morgan fingerprint density at radius 3 is 2.55 bits per heavy atom. The molecule has 1 atom stereocenters. The molecule has 0 aliphatic carbocycles. The lowest BCUT2D eigenvalue weighted by Gasteiger charge is -2.18. The van der Waals surface area contributed by atoms with Crippen molar-refractivity contribution in [3.05, 3.63) is 60.1 Å². The van der Waals surface area contributed by atoms with E-state index in [1.165, 1.54) is 0 Å². The van der Waals surface area contributed by atoms with Crippen LogP contribution in [0, 0.1) is 0 Å². The summed E-state index contributed by atoms with van der Waals surface area (Å²) in [5, 5.41) is 7.96. The Labute approximate surface area is 128 Å². The lowest BCUT2D eigenvalue weighted by atomic mass is 10.1. The molecule has 3 amide bonds. The van der Waals surface area contributed by atoms with Gasteiger partial charge in [0.15, 0.2) is 0 Å². The van der Waals surface area contributed by atoms with Gasteiger partial charge >= 0.3 is 6.03 Å². The van der Waals surface area contributed by atoms with Gasteiger partial charge in [-0.15, -0.1) is 0 Å². The van der Waals surface area contributed by atoms with E-state index in [9.17, 15) is 9.59 Å². The average Bonchev–Trinajstić information content (AvgIpc) is 3.02. The number of hydrogen-bond donors (Lipinski definition) is 3. The van der Waals surface area contributed by atoms with E-state index in [0.717, 1.165) is 5.56 Å². The summed E-state index contributed by atoms with van der Waals surface area (Å²) in [5.41, 5.74) is 0.774. The molecule has 0 saturated heterocycles. The lowest BCUT2D eigenvalue weighted by Crippen LogP contribution is -2.44. The van der Waals surface area contributed by atoms with Crippen molar-refractivity contribution in [2.24, 2.45) is 0 Å². The second-order valence-corrected chi connectivity index (χ2v) is 4.65. The first-order chi connectivity index (χ1) is 10.7. The number of benzene rings is 1. The Balaban J connectivity index is 2.07. The third-order valence-electron chi connectivity index (χ3n) is 3.03. The van der Waals surface area contributed by atoms with Crippen LogP contribution >= 0.6 is 0 Å². The van der Waals surface area contributed by atoms with Crippen LogP contribution in [-0.2, 0) is 11.3 Å². The fraction of sp³-hybridized carbons (Fsp3) is 0.250. The van der Waals surface area contributed by atoms with Crippen molar-refractivity contribution >= 4 is 11.9 Å². The Hall–Kier alpha value is -2.60. The molecule has 1 aromatic carbocycles. The first kappa shape index (κ1) is 15.8. The molecule has 0 aliphatic heterocycles. The van der Waals surface area contributed by atoms with E-state index in [-0.39, 0.29) is 0 Å². The van der Waals surface area contributed by atoms with Crippen LogP contribution in [0.3, 0.4) is 0 Å². The molecule has 0 aliphatic rings. The van der Waals surface area contributed by atoms with E-state index in [0.29, 0.717) is 18.8 Å². The minimum Gasteiger partial charge on any atom is -0.468 e. The van der Waals surface area contributed by atoms with Crippen molar-refractivity contribution in [2.45, 2.75) is 19.5 Å². The van der Waals surface area contributed by atoms with Crippen molar-refractivity contribution in [1.29, 1.82) is 0 Å². The Kier molecular flexibility index (Phi) is 5.73. The number of carbonyl (C=O) groups is 2. The molecule has 0 radical (unpaired) electrons. The summed E-state index contributed by atoms with van der Waals surface area (Å²) in [6.45, 7) is 2.62. The van der Waals surface area contributed by atoms with Gasteiger partial charge in [-0.2, -0.15) is 0 Å². The molecule has 0 saturated carbocycles. The zero-order chi connectivity index (χ0) is 15.8. The standard InChI is InChI=1S/C16H19N3O3/c1-2-17-16(21)19-15(20)14(12-7-4-3-5-8-12)18-11-13-9-6-10-22-13/h3-10,14,18H,2,11H2,1H3,(H2,17,19,20,21)/t14-/m0/s1. The number of imide groups is 1. The lowest BCUT2D eigenvalue weighted by molar-refractivity contribution is -0.122. The van der Waals surface area contributed by atoms with E-state index >= 15 is 0 Å². The Bertz CT molecular complexity index is 596. The maximum Gasteiger partial charge on any atom is 0.321 e. The van der Waals surface area contributed by atoms with Crippen LogP contribution in [0.2, 0.25) is 0 Å². The second kappa shape index (κ2) is 7.99. The monoisotopic (exact) mass is 301 g/mol.